The van der Waals surface area contributed by atoms with Crippen molar-refractivity contribution >= 4 is 5.91 Å². The summed E-state index contributed by atoms with van der Waals surface area (Å²) in [6, 6.07) is 8.88. The van der Waals surface area contributed by atoms with Crippen molar-refractivity contribution in [2.24, 2.45) is 0 Å². The molecule has 0 spiro atoms. The topological polar surface area (TPSA) is 23.6 Å². The zero-order valence-electron chi connectivity index (χ0n) is 12.8. The lowest BCUT2D eigenvalue weighted by atomic mass is 10.1. The highest BCUT2D eigenvalue weighted by atomic mass is 16.2. The molecule has 0 saturated carbocycles. The molecule has 1 aromatic rings. The van der Waals surface area contributed by atoms with Crippen LogP contribution in [0.4, 0.5) is 0 Å². The lowest BCUT2D eigenvalue weighted by Gasteiger charge is -2.28. The van der Waals surface area contributed by atoms with Crippen molar-refractivity contribution in [2.45, 2.75) is 18.9 Å². The molecule has 0 heterocycles. The second kappa shape index (κ2) is 7.23. The molecule has 3 nitrogen and oxygen atoms in total. The van der Waals surface area contributed by atoms with E-state index in [0.717, 1.165) is 12.8 Å². The van der Waals surface area contributed by atoms with E-state index in [9.17, 15) is 4.79 Å². The van der Waals surface area contributed by atoms with Crippen molar-refractivity contribution in [1.82, 2.24) is 9.80 Å². The first-order chi connectivity index (χ1) is 10.2. The molecule has 0 N–H and O–H groups in total. The number of hydrogen-bond acceptors (Lipinski definition) is 2. The van der Waals surface area contributed by atoms with Gasteiger partial charge in [0.05, 0.1) is 6.54 Å². The van der Waals surface area contributed by atoms with Gasteiger partial charge in [-0.3, -0.25) is 9.69 Å². The van der Waals surface area contributed by atoms with Crippen molar-refractivity contribution in [1.29, 1.82) is 0 Å². The molecule has 2 rings (SSSR count). The molecule has 1 aliphatic carbocycles. The van der Waals surface area contributed by atoms with Gasteiger partial charge in [0.2, 0.25) is 5.91 Å². The molecular weight excluding hydrogens is 260 g/mol. The van der Waals surface area contributed by atoms with Crippen LogP contribution >= 0.6 is 0 Å². The molecule has 0 radical (unpaired) electrons. The fourth-order valence-corrected chi connectivity index (χ4v) is 3.01. The second-order valence-electron chi connectivity index (χ2n) is 5.54. The number of aryl methyl sites for hydroxylation is 1. The predicted octanol–water partition coefficient (Wildman–Crippen LogP) is 2.81. The molecule has 0 bridgehead atoms. The smallest absolute Gasteiger partial charge is 0.237 e. The fraction of sp³-hybridized carbons (Fsp3) is 0.389. The molecule has 1 atom stereocenters. The normalized spacial score (nSPS) is 16.6. The molecule has 3 heteroatoms. The maximum Gasteiger partial charge on any atom is 0.237 e. The Morgan fingerprint density at radius 2 is 1.95 bits per heavy atom. The molecule has 21 heavy (non-hydrogen) atoms. The predicted molar refractivity (Wildman–Crippen MR) is 87.1 cm³/mol. The Bertz CT molecular complexity index is 514. The standard InChI is InChI=1S/C18H24N2O/c1-4-12-20(13-5-2)18(21)14-19(3)17-11-10-15-8-6-7-9-16(15)17/h4-9,17H,1-2,10-14H2,3H3/t17-/m1/s1. The summed E-state index contributed by atoms with van der Waals surface area (Å²) < 4.78 is 0. The largest absolute Gasteiger partial charge is 0.334 e. The first-order valence-electron chi connectivity index (χ1n) is 7.45. The van der Waals surface area contributed by atoms with Crippen LogP contribution in [-0.4, -0.2) is 42.4 Å². The maximum atomic E-state index is 12.4. The van der Waals surface area contributed by atoms with Gasteiger partial charge in [0, 0.05) is 19.1 Å². The first kappa shape index (κ1) is 15.5. The molecule has 1 amide bonds. The highest BCUT2D eigenvalue weighted by molar-refractivity contribution is 5.78. The lowest BCUT2D eigenvalue weighted by Crippen LogP contribution is -2.40. The van der Waals surface area contributed by atoms with Gasteiger partial charge in [-0.05, 0) is 31.0 Å². The number of hydrogen-bond donors (Lipinski definition) is 0. The number of carbonyl (C=O) groups is 1. The summed E-state index contributed by atoms with van der Waals surface area (Å²) in [7, 11) is 2.03. The van der Waals surface area contributed by atoms with E-state index in [2.05, 4.69) is 42.3 Å². The van der Waals surface area contributed by atoms with Crippen LogP contribution in [-0.2, 0) is 11.2 Å². The third kappa shape index (κ3) is 3.61. The van der Waals surface area contributed by atoms with Gasteiger partial charge in [-0.15, -0.1) is 13.2 Å². The van der Waals surface area contributed by atoms with E-state index in [1.54, 1.807) is 17.1 Å². The van der Waals surface area contributed by atoms with E-state index in [4.69, 9.17) is 0 Å². The molecule has 0 saturated heterocycles. The van der Waals surface area contributed by atoms with Crippen LogP contribution in [0, 0.1) is 0 Å². The Labute approximate surface area is 127 Å². The minimum atomic E-state index is 0.127. The van der Waals surface area contributed by atoms with Crippen LogP contribution in [0.2, 0.25) is 0 Å². The van der Waals surface area contributed by atoms with Crippen molar-refractivity contribution in [3.63, 3.8) is 0 Å². The van der Waals surface area contributed by atoms with Gasteiger partial charge in [0.25, 0.3) is 0 Å². The highest BCUT2D eigenvalue weighted by Gasteiger charge is 2.27. The SMILES string of the molecule is C=CCN(CC=C)C(=O)CN(C)[C@@H]1CCc2ccccc21. The lowest BCUT2D eigenvalue weighted by molar-refractivity contribution is -0.131. The Hall–Kier alpha value is -1.87. The number of nitrogens with zero attached hydrogens (tertiary/aromatic N) is 2. The Morgan fingerprint density at radius 3 is 2.62 bits per heavy atom. The Kier molecular flexibility index (Phi) is 5.34. The van der Waals surface area contributed by atoms with Crippen molar-refractivity contribution in [3.8, 4) is 0 Å². The van der Waals surface area contributed by atoms with E-state index in [-0.39, 0.29) is 5.91 Å². The first-order valence-corrected chi connectivity index (χ1v) is 7.45. The van der Waals surface area contributed by atoms with Gasteiger partial charge < -0.3 is 4.90 Å². The molecule has 0 aromatic heterocycles. The molecular formula is C18H24N2O. The van der Waals surface area contributed by atoms with Gasteiger partial charge in [-0.2, -0.15) is 0 Å². The number of amides is 1. The van der Waals surface area contributed by atoms with Gasteiger partial charge in [0.15, 0.2) is 0 Å². The summed E-state index contributed by atoms with van der Waals surface area (Å²) in [6.07, 6.45) is 5.70. The van der Waals surface area contributed by atoms with Crippen LogP contribution < -0.4 is 0 Å². The van der Waals surface area contributed by atoms with Crippen molar-refractivity contribution in [2.75, 3.05) is 26.7 Å². The van der Waals surface area contributed by atoms with Crippen LogP contribution in [0.25, 0.3) is 0 Å². The molecule has 112 valence electrons. The summed E-state index contributed by atoms with van der Waals surface area (Å²) in [6.45, 7) is 8.99. The van der Waals surface area contributed by atoms with E-state index in [1.165, 1.54) is 11.1 Å². The zero-order valence-corrected chi connectivity index (χ0v) is 12.8. The molecule has 1 aliphatic rings. The summed E-state index contributed by atoms with van der Waals surface area (Å²) in [4.78, 5) is 16.3. The van der Waals surface area contributed by atoms with E-state index in [0.29, 0.717) is 25.7 Å². The van der Waals surface area contributed by atoms with Crippen LogP contribution in [0.5, 0.6) is 0 Å². The number of carbonyl (C=O) groups excluding carboxylic acids is 1. The number of benzene rings is 1. The average Bonchev–Trinajstić information content (AvgIpc) is 2.91. The second-order valence-corrected chi connectivity index (χ2v) is 5.54. The summed E-state index contributed by atoms with van der Waals surface area (Å²) >= 11 is 0. The molecule has 0 aliphatic heterocycles. The van der Waals surface area contributed by atoms with E-state index >= 15 is 0 Å². The van der Waals surface area contributed by atoms with Gasteiger partial charge >= 0.3 is 0 Å². The summed E-state index contributed by atoms with van der Waals surface area (Å²) in [5, 5.41) is 0. The zero-order chi connectivity index (χ0) is 15.2. The third-order valence-corrected chi connectivity index (χ3v) is 4.07. The Balaban J connectivity index is 2.01. The third-order valence-electron chi connectivity index (χ3n) is 4.07. The molecule has 0 fully saturated rings. The summed E-state index contributed by atoms with van der Waals surface area (Å²) in [5.41, 5.74) is 2.78. The van der Waals surface area contributed by atoms with Gasteiger partial charge in [-0.1, -0.05) is 36.4 Å². The molecule has 1 aromatic carbocycles. The minimum Gasteiger partial charge on any atom is -0.334 e. The number of likely N-dealkylation sites (N-methyl/N-ethyl adjacent to an activating group) is 1. The molecule has 0 unspecified atom stereocenters. The van der Waals surface area contributed by atoms with Crippen LogP contribution in [0.15, 0.2) is 49.6 Å². The van der Waals surface area contributed by atoms with Crippen molar-refractivity contribution in [3.05, 3.63) is 60.7 Å². The number of fused-ring (bicyclic) bond motifs is 1. The summed E-state index contributed by atoms with van der Waals surface area (Å²) in [5.74, 6) is 0.127. The van der Waals surface area contributed by atoms with Crippen LogP contribution in [0.1, 0.15) is 23.6 Å². The minimum absolute atomic E-state index is 0.127. The maximum absolute atomic E-state index is 12.4. The highest BCUT2D eigenvalue weighted by Crippen LogP contribution is 2.34. The van der Waals surface area contributed by atoms with Gasteiger partial charge in [0.1, 0.15) is 0 Å². The fourth-order valence-electron chi connectivity index (χ4n) is 3.01. The monoisotopic (exact) mass is 284 g/mol. The Morgan fingerprint density at radius 1 is 1.29 bits per heavy atom. The van der Waals surface area contributed by atoms with E-state index < -0.39 is 0 Å². The van der Waals surface area contributed by atoms with Gasteiger partial charge in [-0.25, -0.2) is 0 Å². The van der Waals surface area contributed by atoms with Crippen LogP contribution in [0.3, 0.4) is 0 Å². The van der Waals surface area contributed by atoms with Crippen molar-refractivity contribution < 1.29 is 4.79 Å². The quantitative estimate of drug-likeness (QED) is 0.719. The number of rotatable bonds is 7. The average molecular weight is 284 g/mol. The van der Waals surface area contributed by atoms with E-state index in [1.807, 2.05) is 7.05 Å².